The second-order valence-electron chi connectivity index (χ2n) is 6.51. The van der Waals surface area contributed by atoms with Crippen LogP contribution in [0.25, 0.3) is 0 Å². The average Bonchev–Trinajstić information content (AvgIpc) is 2.53. The van der Waals surface area contributed by atoms with Crippen LogP contribution in [0.15, 0.2) is 5.16 Å². The van der Waals surface area contributed by atoms with E-state index in [0.717, 1.165) is 38.7 Å². The van der Waals surface area contributed by atoms with Gasteiger partial charge in [0.2, 0.25) is 0 Å². The van der Waals surface area contributed by atoms with E-state index in [1.807, 2.05) is 0 Å². The molecule has 7 nitrogen and oxygen atoms in total. The van der Waals surface area contributed by atoms with Gasteiger partial charge in [-0.3, -0.25) is 4.79 Å². The summed E-state index contributed by atoms with van der Waals surface area (Å²) in [5.41, 5.74) is 0. The van der Waals surface area contributed by atoms with Gasteiger partial charge < -0.3 is 25.6 Å². The molecule has 0 aliphatic rings. The largest absolute Gasteiger partial charge is 0.411 e. The van der Waals surface area contributed by atoms with Crippen LogP contribution < -0.4 is 10.6 Å². The van der Waals surface area contributed by atoms with Crippen LogP contribution in [0.1, 0.15) is 38.5 Å². The van der Waals surface area contributed by atoms with Crippen molar-refractivity contribution in [2.24, 2.45) is 5.16 Å². The van der Waals surface area contributed by atoms with E-state index in [-0.39, 0.29) is 5.91 Å². The molecule has 0 fully saturated rings. The van der Waals surface area contributed by atoms with Gasteiger partial charge in [0.25, 0.3) is 5.91 Å². The molecule has 0 bridgehead atoms. The Labute approximate surface area is 147 Å². The van der Waals surface area contributed by atoms with Crippen LogP contribution in [0.4, 0.5) is 0 Å². The molecular weight excluding hydrogens is 306 g/mol. The topological polar surface area (TPSA) is 80.2 Å². The molecule has 0 saturated heterocycles. The van der Waals surface area contributed by atoms with Crippen molar-refractivity contribution < 1.29 is 10.0 Å². The van der Waals surface area contributed by atoms with E-state index in [2.05, 4.69) is 46.7 Å². The fourth-order valence-corrected chi connectivity index (χ4v) is 2.40. The minimum absolute atomic E-state index is 0.360. The van der Waals surface area contributed by atoms with Gasteiger partial charge in [0, 0.05) is 6.54 Å². The molecule has 0 aliphatic carbocycles. The zero-order chi connectivity index (χ0) is 18.0. The van der Waals surface area contributed by atoms with Gasteiger partial charge in [-0.1, -0.05) is 18.0 Å². The fourth-order valence-electron chi connectivity index (χ4n) is 2.40. The number of carbonyl (C=O) groups excluding carboxylic acids is 1. The Morgan fingerprint density at radius 1 is 0.917 bits per heavy atom. The molecule has 142 valence electrons. The molecule has 24 heavy (non-hydrogen) atoms. The summed E-state index contributed by atoms with van der Waals surface area (Å²) in [5.74, 6) is -0.360. The van der Waals surface area contributed by atoms with E-state index < -0.39 is 0 Å². The van der Waals surface area contributed by atoms with Crippen molar-refractivity contribution in [3.8, 4) is 0 Å². The van der Waals surface area contributed by atoms with Crippen LogP contribution in [0, 0.1) is 0 Å². The number of nitrogens with one attached hydrogen (secondary N) is 2. The number of carbonyl (C=O) groups is 1. The molecule has 0 aromatic heterocycles. The van der Waals surface area contributed by atoms with Gasteiger partial charge >= 0.3 is 0 Å². The standard InChI is InChI=1S/C17H37N5O2/c1-21(2)13-6-4-5-7-14-22(3)15-9-11-18-10-8-12-19-17(23)16-20-24/h16,18,24H,4-15H2,1-3H3,(H,19,23). The van der Waals surface area contributed by atoms with E-state index in [1.165, 1.54) is 38.8 Å². The first-order valence-corrected chi connectivity index (χ1v) is 9.05. The molecule has 7 heteroatoms. The highest BCUT2D eigenvalue weighted by atomic mass is 16.4. The smallest absolute Gasteiger partial charge is 0.265 e. The van der Waals surface area contributed by atoms with Crippen LogP contribution in [-0.4, -0.2) is 87.5 Å². The number of nitrogens with zero attached hydrogens (tertiary/aromatic N) is 3. The van der Waals surface area contributed by atoms with Crippen molar-refractivity contribution in [2.45, 2.75) is 38.5 Å². The Hall–Kier alpha value is -1.18. The summed E-state index contributed by atoms with van der Waals surface area (Å²) < 4.78 is 0. The highest BCUT2D eigenvalue weighted by Gasteiger charge is 1.99. The molecule has 0 aliphatic heterocycles. The Morgan fingerprint density at radius 3 is 2.21 bits per heavy atom. The molecule has 0 heterocycles. The predicted octanol–water partition coefficient (Wildman–Crippen LogP) is 0.986. The van der Waals surface area contributed by atoms with Crippen molar-refractivity contribution in [2.75, 3.05) is 60.4 Å². The van der Waals surface area contributed by atoms with Crippen LogP contribution >= 0.6 is 0 Å². The van der Waals surface area contributed by atoms with Crippen molar-refractivity contribution >= 4 is 12.1 Å². The maximum atomic E-state index is 11.0. The average molecular weight is 344 g/mol. The van der Waals surface area contributed by atoms with Gasteiger partial charge in [-0.15, -0.1) is 0 Å². The van der Waals surface area contributed by atoms with Gasteiger partial charge in [-0.05, 0) is 79.6 Å². The molecule has 0 atom stereocenters. The fraction of sp³-hybridized carbons (Fsp3) is 0.882. The molecule has 0 rings (SSSR count). The highest BCUT2D eigenvalue weighted by Crippen LogP contribution is 2.02. The Kier molecular flexibility index (Phi) is 15.9. The van der Waals surface area contributed by atoms with Crippen LogP contribution in [0.3, 0.4) is 0 Å². The van der Waals surface area contributed by atoms with E-state index in [4.69, 9.17) is 5.21 Å². The molecule has 1 amide bonds. The third-order valence-corrected chi connectivity index (χ3v) is 3.79. The molecule has 0 unspecified atom stereocenters. The molecule has 0 spiro atoms. The lowest BCUT2D eigenvalue weighted by molar-refractivity contribution is -0.114. The first-order valence-electron chi connectivity index (χ1n) is 9.05. The lowest BCUT2D eigenvalue weighted by Gasteiger charge is -2.16. The molecule has 0 radical (unpaired) electrons. The highest BCUT2D eigenvalue weighted by molar-refractivity contribution is 6.25. The summed E-state index contributed by atoms with van der Waals surface area (Å²) in [7, 11) is 6.45. The zero-order valence-electron chi connectivity index (χ0n) is 15.8. The van der Waals surface area contributed by atoms with Crippen molar-refractivity contribution in [3.63, 3.8) is 0 Å². The summed E-state index contributed by atoms with van der Waals surface area (Å²) in [6, 6.07) is 0. The minimum Gasteiger partial charge on any atom is -0.411 e. The van der Waals surface area contributed by atoms with Gasteiger partial charge in [-0.25, -0.2) is 0 Å². The van der Waals surface area contributed by atoms with Crippen LogP contribution in [-0.2, 0) is 4.79 Å². The van der Waals surface area contributed by atoms with E-state index in [9.17, 15) is 4.79 Å². The van der Waals surface area contributed by atoms with E-state index in [1.54, 1.807) is 0 Å². The summed E-state index contributed by atoms with van der Waals surface area (Å²) in [4.78, 5) is 15.6. The van der Waals surface area contributed by atoms with E-state index >= 15 is 0 Å². The first-order chi connectivity index (χ1) is 11.6. The van der Waals surface area contributed by atoms with Gasteiger partial charge in [-0.2, -0.15) is 0 Å². The van der Waals surface area contributed by atoms with Crippen molar-refractivity contribution in [1.29, 1.82) is 0 Å². The second kappa shape index (κ2) is 16.7. The number of hydrogen-bond donors (Lipinski definition) is 3. The Bertz CT molecular complexity index is 324. The number of unbranched alkanes of at least 4 members (excludes halogenated alkanes) is 3. The summed E-state index contributed by atoms with van der Waals surface area (Å²) >= 11 is 0. The quantitative estimate of drug-likeness (QED) is 0.169. The number of oxime groups is 1. The summed E-state index contributed by atoms with van der Waals surface area (Å²) in [5, 5.41) is 16.9. The maximum Gasteiger partial charge on any atom is 0.265 e. The third kappa shape index (κ3) is 17.2. The number of rotatable bonds is 16. The maximum absolute atomic E-state index is 11.0. The van der Waals surface area contributed by atoms with Gasteiger partial charge in [0.15, 0.2) is 0 Å². The predicted molar refractivity (Wildman–Crippen MR) is 99.9 cm³/mol. The van der Waals surface area contributed by atoms with E-state index in [0.29, 0.717) is 6.54 Å². The SMILES string of the molecule is CN(C)CCCCCCN(C)CCCNCCCNC(=O)C=NO. The number of amides is 1. The van der Waals surface area contributed by atoms with Gasteiger partial charge in [0.05, 0.1) is 0 Å². The molecular formula is C17H37N5O2. The Balaban J connectivity index is 3.25. The molecule has 0 aromatic carbocycles. The number of hydrogen-bond acceptors (Lipinski definition) is 6. The molecule has 0 saturated carbocycles. The Morgan fingerprint density at radius 2 is 1.54 bits per heavy atom. The molecule has 3 N–H and O–H groups in total. The summed E-state index contributed by atoms with van der Waals surface area (Å²) in [6.45, 7) is 5.96. The first kappa shape index (κ1) is 22.8. The minimum atomic E-state index is -0.360. The monoisotopic (exact) mass is 343 g/mol. The van der Waals surface area contributed by atoms with Crippen LogP contribution in [0.2, 0.25) is 0 Å². The lowest BCUT2D eigenvalue weighted by atomic mass is 10.2. The normalized spacial score (nSPS) is 11.7. The zero-order valence-corrected chi connectivity index (χ0v) is 15.8. The van der Waals surface area contributed by atoms with Crippen molar-refractivity contribution in [1.82, 2.24) is 20.4 Å². The second-order valence-corrected chi connectivity index (χ2v) is 6.51. The van der Waals surface area contributed by atoms with Gasteiger partial charge in [0.1, 0.15) is 6.21 Å². The lowest BCUT2D eigenvalue weighted by Crippen LogP contribution is -2.29. The van der Waals surface area contributed by atoms with Crippen molar-refractivity contribution in [3.05, 3.63) is 0 Å². The third-order valence-electron chi connectivity index (χ3n) is 3.79. The molecule has 0 aromatic rings. The summed E-state index contributed by atoms with van der Waals surface area (Å²) in [6.07, 6.45) is 8.11. The van der Waals surface area contributed by atoms with Crippen LogP contribution in [0.5, 0.6) is 0 Å².